The Morgan fingerprint density at radius 2 is 1.95 bits per heavy atom. The average Bonchev–Trinajstić information content (AvgIpc) is 3.42. The van der Waals surface area contributed by atoms with E-state index in [0.717, 1.165) is 22.5 Å². The number of ether oxygens (including phenoxy) is 2. The highest BCUT2D eigenvalue weighted by Crippen LogP contribution is 2.44. The fourth-order valence-corrected chi connectivity index (χ4v) is 5.57. The topological polar surface area (TPSA) is 119 Å². The van der Waals surface area contributed by atoms with E-state index in [9.17, 15) is 19.5 Å². The SMILES string of the molecule is C=CCOC(=O)c1sc(N2C(=O)c3oc4cc(C)c(C)cc4c(=O)c3C2c2ccc(O)c(OCC)c2)nc1C. The molecule has 0 saturated heterocycles. The van der Waals surface area contributed by atoms with Crippen molar-refractivity contribution in [3.63, 3.8) is 0 Å². The second kappa shape index (κ2) is 10.0. The molecule has 0 bridgehead atoms. The number of fused-ring (bicyclic) bond motifs is 2. The highest BCUT2D eigenvalue weighted by Gasteiger charge is 2.45. The molecule has 0 aliphatic carbocycles. The third-order valence-corrected chi connectivity index (χ3v) is 7.73. The Morgan fingerprint density at radius 1 is 1.21 bits per heavy atom. The number of aryl methyl sites for hydroxylation is 3. The lowest BCUT2D eigenvalue weighted by Gasteiger charge is -2.23. The molecule has 39 heavy (non-hydrogen) atoms. The summed E-state index contributed by atoms with van der Waals surface area (Å²) in [6, 6.07) is 7.20. The van der Waals surface area contributed by atoms with E-state index in [-0.39, 0.29) is 44.9 Å². The van der Waals surface area contributed by atoms with Crippen LogP contribution in [-0.2, 0) is 4.74 Å². The van der Waals surface area contributed by atoms with E-state index in [2.05, 4.69) is 11.6 Å². The summed E-state index contributed by atoms with van der Waals surface area (Å²) in [6.45, 7) is 11.1. The van der Waals surface area contributed by atoms with Gasteiger partial charge >= 0.3 is 5.97 Å². The van der Waals surface area contributed by atoms with Gasteiger partial charge in [0.2, 0.25) is 5.76 Å². The Labute approximate surface area is 227 Å². The van der Waals surface area contributed by atoms with Gasteiger partial charge in [0.05, 0.1) is 29.3 Å². The molecule has 0 saturated carbocycles. The van der Waals surface area contributed by atoms with Crippen molar-refractivity contribution < 1.29 is 28.6 Å². The van der Waals surface area contributed by atoms with Gasteiger partial charge in [-0.15, -0.1) is 0 Å². The number of hydrogen-bond donors (Lipinski definition) is 1. The average molecular weight is 547 g/mol. The highest BCUT2D eigenvalue weighted by molar-refractivity contribution is 7.17. The van der Waals surface area contributed by atoms with Gasteiger partial charge in [-0.25, -0.2) is 9.78 Å². The molecule has 1 atom stereocenters. The number of carbonyl (C=O) groups is 2. The number of benzene rings is 2. The van der Waals surface area contributed by atoms with E-state index in [1.165, 1.54) is 17.0 Å². The van der Waals surface area contributed by atoms with Crippen LogP contribution >= 0.6 is 11.3 Å². The molecule has 1 aliphatic heterocycles. The van der Waals surface area contributed by atoms with Crippen LogP contribution in [0.1, 0.15) is 61.1 Å². The molecule has 1 N–H and O–H groups in total. The van der Waals surface area contributed by atoms with Crippen molar-refractivity contribution in [2.45, 2.75) is 33.7 Å². The Hall–Kier alpha value is -4.44. The molecule has 1 aliphatic rings. The number of rotatable bonds is 7. The van der Waals surface area contributed by atoms with Crippen molar-refractivity contribution in [2.24, 2.45) is 0 Å². The summed E-state index contributed by atoms with van der Waals surface area (Å²) >= 11 is 0.982. The first-order chi connectivity index (χ1) is 18.7. The normalized spacial score (nSPS) is 14.5. The van der Waals surface area contributed by atoms with Crippen molar-refractivity contribution >= 4 is 39.3 Å². The molecule has 0 fully saturated rings. The van der Waals surface area contributed by atoms with Crippen molar-refractivity contribution in [1.82, 2.24) is 4.98 Å². The highest BCUT2D eigenvalue weighted by atomic mass is 32.1. The Morgan fingerprint density at radius 3 is 2.67 bits per heavy atom. The summed E-state index contributed by atoms with van der Waals surface area (Å²) in [6.07, 6.45) is 1.46. The minimum atomic E-state index is -0.947. The Kier molecular flexibility index (Phi) is 6.73. The fourth-order valence-electron chi connectivity index (χ4n) is 4.59. The van der Waals surface area contributed by atoms with Gasteiger partial charge in [0.1, 0.15) is 17.1 Å². The summed E-state index contributed by atoms with van der Waals surface area (Å²) in [5, 5.41) is 10.9. The first kappa shape index (κ1) is 26.2. The van der Waals surface area contributed by atoms with Crippen LogP contribution in [-0.4, -0.2) is 35.2 Å². The van der Waals surface area contributed by atoms with Crippen LogP contribution in [0.5, 0.6) is 11.5 Å². The lowest BCUT2D eigenvalue weighted by Crippen LogP contribution is -2.29. The maximum Gasteiger partial charge on any atom is 0.350 e. The first-order valence-corrected chi connectivity index (χ1v) is 13.1. The number of aromatic nitrogens is 1. The molecule has 3 heterocycles. The number of phenols is 1. The molecule has 5 rings (SSSR count). The van der Waals surface area contributed by atoms with Crippen LogP contribution in [0.2, 0.25) is 0 Å². The van der Waals surface area contributed by atoms with Crippen LogP contribution in [0.4, 0.5) is 5.13 Å². The number of hydrogen-bond acceptors (Lipinski definition) is 9. The number of thiazole rings is 1. The molecular formula is C29H26N2O7S. The fraction of sp³-hybridized carbons (Fsp3) is 0.241. The molecule has 4 aromatic rings. The van der Waals surface area contributed by atoms with Gasteiger partial charge in [0, 0.05) is 0 Å². The van der Waals surface area contributed by atoms with Crippen molar-refractivity contribution in [3.05, 3.63) is 91.8 Å². The molecule has 2 aromatic carbocycles. The minimum absolute atomic E-state index is 0.0276. The molecule has 1 amide bonds. The number of phenolic OH excluding ortho intramolecular Hbond substituents is 1. The van der Waals surface area contributed by atoms with E-state index >= 15 is 0 Å². The van der Waals surface area contributed by atoms with Gasteiger partial charge in [-0.05, 0) is 68.7 Å². The largest absolute Gasteiger partial charge is 0.504 e. The van der Waals surface area contributed by atoms with Crippen LogP contribution in [0.15, 0.2) is 52.2 Å². The summed E-state index contributed by atoms with van der Waals surface area (Å²) in [4.78, 5) is 46.6. The van der Waals surface area contributed by atoms with Crippen LogP contribution in [0.3, 0.4) is 0 Å². The van der Waals surface area contributed by atoms with Crippen molar-refractivity contribution in [3.8, 4) is 11.5 Å². The maximum atomic E-state index is 13.9. The van der Waals surface area contributed by atoms with Gasteiger partial charge in [0.25, 0.3) is 5.91 Å². The molecule has 0 radical (unpaired) electrons. The number of nitrogens with zero attached hydrogens (tertiary/aromatic N) is 2. The van der Waals surface area contributed by atoms with Crippen LogP contribution < -0.4 is 15.1 Å². The predicted molar refractivity (Wildman–Crippen MR) is 147 cm³/mol. The lowest BCUT2D eigenvalue weighted by atomic mass is 9.97. The van der Waals surface area contributed by atoms with E-state index < -0.39 is 17.9 Å². The third kappa shape index (κ3) is 4.36. The lowest BCUT2D eigenvalue weighted by molar-refractivity contribution is 0.0554. The monoisotopic (exact) mass is 546 g/mol. The quantitative estimate of drug-likeness (QED) is 0.243. The van der Waals surface area contributed by atoms with Gasteiger partial charge in [-0.2, -0.15) is 0 Å². The van der Waals surface area contributed by atoms with E-state index in [1.807, 2.05) is 13.8 Å². The zero-order valence-electron chi connectivity index (χ0n) is 21.9. The summed E-state index contributed by atoms with van der Waals surface area (Å²) < 4.78 is 16.8. The number of aromatic hydroxyl groups is 1. The molecule has 1 unspecified atom stereocenters. The van der Waals surface area contributed by atoms with Crippen molar-refractivity contribution in [2.75, 3.05) is 18.1 Å². The number of esters is 1. The predicted octanol–water partition coefficient (Wildman–Crippen LogP) is 5.37. The smallest absolute Gasteiger partial charge is 0.350 e. The van der Waals surface area contributed by atoms with Gasteiger partial charge in [-0.3, -0.25) is 14.5 Å². The second-order valence-electron chi connectivity index (χ2n) is 9.14. The summed E-state index contributed by atoms with van der Waals surface area (Å²) in [7, 11) is 0. The Balaban J connectivity index is 1.75. The summed E-state index contributed by atoms with van der Waals surface area (Å²) in [5.74, 6) is -1.14. The van der Waals surface area contributed by atoms with Gasteiger partial charge in [0.15, 0.2) is 22.1 Å². The molecular weight excluding hydrogens is 520 g/mol. The third-order valence-electron chi connectivity index (χ3n) is 6.59. The zero-order chi connectivity index (χ0) is 28.0. The second-order valence-corrected chi connectivity index (χ2v) is 10.1. The molecule has 200 valence electrons. The van der Waals surface area contributed by atoms with Crippen LogP contribution in [0, 0.1) is 20.8 Å². The first-order valence-electron chi connectivity index (χ1n) is 12.3. The minimum Gasteiger partial charge on any atom is -0.504 e. The summed E-state index contributed by atoms with van der Waals surface area (Å²) in [5.41, 5.74) is 2.81. The van der Waals surface area contributed by atoms with E-state index in [1.54, 1.807) is 38.1 Å². The van der Waals surface area contributed by atoms with E-state index in [4.69, 9.17) is 13.9 Å². The van der Waals surface area contributed by atoms with Crippen molar-refractivity contribution in [1.29, 1.82) is 0 Å². The van der Waals surface area contributed by atoms with Gasteiger partial charge in [-0.1, -0.05) is 30.1 Å². The zero-order valence-corrected chi connectivity index (χ0v) is 22.7. The number of carbonyl (C=O) groups excluding carboxylic acids is 2. The number of amides is 1. The molecule has 10 heteroatoms. The number of anilines is 1. The maximum absolute atomic E-state index is 13.9. The molecule has 0 spiro atoms. The van der Waals surface area contributed by atoms with Crippen LogP contribution in [0.25, 0.3) is 11.0 Å². The molecule has 9 nitrogen and oxygen atoms in total. The Bertz CT molecular complexity index is 1720. The van der Waals surface area contributed by atoms with E-state index in [0.29, 0.717) is 28.8 Å². The molecule has 2 aromatic heterocycles. The standard InChI is InChI=1S/C29H26N2O7S/c1-6-10-37-28(35)26-16(5)30-29(39-26)31-23(17-8-9-19(32)21(13-17)36-7-2)22-24(33)18-11-14(3)15(4)12-20(18)38-25(22)27(31)34/h6,8-9,11-13,23,32H,1,7,10H2,2-5H3. The van der Waals surface area contributed by atoms with Gasteiger partial charge < -0.3 is 19.0 Å².